The first-order valence-electron chi connectivity index (χ1n) is 7.06. The maximum atomic E-state index is 11.1. The smallest absolute Gasteiger partial charge is 0.276 e. The normalized spacial score (nSPS) is 10.2. The van der Waals surface area contributed by atoms with E-state index in [4.69, 9.17) is 9.47 Å². The van der Waals surface area contributed by atoms with Crippen molar-refractivity contribution in [1.29, 1.82) is 0 Å². The van der Waals surface area contributed by atoms with E-state index in [1.807, 2.05) is 30.3 Å². The molecule has 0 amide bonds. The average molecular weight is 386 g/mol. The zero-order chi connectivity index (χ0) is 16.9. The molecule has 0 aliphatic heterocycles. The number of nitro benzene ring substituents is 1. The molecule has 0 unspecified atom stereocenters. The molecule has 0 bridgehead atoms. The fourth-order valence-corrected chi connectivity index (χ4v) is 2.31. The molecule has 24 heavy (non-hydrogen) atoms. The highest BCUT2D eigenvalue weighted by atomic mass is 79.9. The molecule has 0 radical (unpaired) electrons. The van der Waals surface area contributed by atoms with Crippen LogP contribution < -0.4 is 9.47 Å². The summed E-state index contributed by atoms with van der Waals surface area (Å²) in [6.07, 6.45) is 0. The third kappa shape index (κ3) is 4.11. The Balaban J connectivity index is 1.90. The van der Waals surface area contributed by atoms with Crippen LogP contribution in [0, 0.1) is 10.1 Å². The second kappa shape index (κ2) is 7.14. The molecular formula is C18H12BrNO4. The number of nitro groups is 1. The Labute approximate surface area is 146 Å². The molecule has 5 nitrogen and oxygen atoms in total. The van der Waals surface area contributed by atoms with E-state index >= 15 is 0 Å². The molecule has 0 heterocycles. The molecule has 0 spiro atoms. The van der Waals surface area contributed by atoms with Crippen LogP contribution in [0.25, 0.3) is 0 Å². The van der Waals surface area contributed by atoms with Crippen LogP contribution in [0.15, 0.2) is 77.3 Å². The number of ether oxygens (including phenoxy) is 2. The monoisotopic (exact) mass is 385 g/mol. The van der Waals surface area contributed by atoms with Crippen molar-refractivity contribution in [1.82, 2.24) is 0 Å². The summed E-state index contributed by atoms with van der Waals surface area (Å²) in [5, 5.41) is 11.1. The highest BCUT2D eigenvalue weighted by molar-refractivity contribution is 9.10. The SMILES string of the molecule is O=[N+]([O-])c1cc(Oc2ccccc2)cc(Oc2ccc(Br)cc2)c1. The van der Waals surface area contributed by atoms with Crippen LogP contribution in [0.1, 0.15) is 0 Å². The van der Waals surface area contributed by atoms with Gasteiger partial charge in [0.05, 0.1) is 17.1 Å². The summed E-state index contributed by atoms with van der Waals surface area (Å²) in [6, 6.07) is 20.6. The van der Waals surface area contributed by atoms with Crippen LogP contribution in [0.4, 0.5) is 5.69 Å². The number of para-hydroxylation sites is 1. The summed E-state index contributed by atoms with van der Waals surface area (Å²) in [5.41, 5.74) is -0.101. The predicted octanol–water partition coefficient (Wildman–Crippen LogP) is 5.94. The quantitative estimate of drug-likeness (QED) is 0.402. The Bertz CT molecular complexity index is 851. The molecule has 0 aliphatic carbocycles. The topological polar surface area (TPSA) is 61.6 Å². The van der Waals surface area contributed by atoms with Crippen LogP contribution >= 0.6 is 15.9 Å². The van der Waals surface area contributed by atoms with Gasteiger partial charge in [-0.2, -0.15) is 0 Å². The van der Waals surface area contributed by atoms with Crippen LogP contribution in [0.3, 0.4) is 0 Å². The molecule has 0 aromatic heterocycles. The van der Waals surface area contributed by atoms with E-state index in [0.29, 0.717) is 23.0 Å². The molecule has 0 atom stereocenters. The fraction of sp³-hybridized carbons (Fsp3) is 0. The summed E-state index contributed by atoms with van der Waals surface area (Å²) in [4.78, 5) is 10.7. The maximum absolute atomic E-state index is 11.1. The molecule has 0 N–H and O–H groups in total. The number of nitrogens with zero attached hydrogens (tertiary/aromatic N) is 1. The zero-order valence-corrected chi connectivity index (χ0v) is 14.0. The molecule has 120 valence electrons. The van der Waals surface area contributed by atoms with Crippen molar-refractivity contribution in [2.24, 2.45) is 0 Å². The lowest BCUT2D eigenvalue weighted by atomic mass is 10.2. The van der Waals surface area contributed by atoms with Gasteiger partial charge in [-0.1, -0.05) is 34.1 Å². The van der Waals surface area contributed by atoms with Gasteiger partial charge < -0.3 is 9.47 Å². The molecule has 0 saturated heterocycles. The van der Waals surface area contributed by atoms with Gasteiger partial charge in [0, 0.05) is 10.5 Å². The summed E-state index contributed by atoms with van der Waals surface area (Å²) in [6.45, 7) is 0. The second-order valence-corrected chi connectivity index (χ2v) is 5.81. The van der Waals surface area contributed by atoms with Gasteiger partial charge in [0.2, 0.25) is 0 Å². The highest BCUT2D eigenvalue weighted by Gasteiger charge is 2.13. The van der Waals surface area contributed by atoms with Gasteiger partial charge >= 0.3 is 0 Å². The maximum Gasteiger partial charge on any atom is 0.276 e. The van der Waals surface area contributed by atoms with Gasteiger partial charge in [-0.25, -0.2) is 0 Å². The molecule has 3 aromatic carbocycles. The molecule has 0 aliphatic rings. The zero-order valence-electron chi connectivity index (χ0n) is 12.4. The standard InChI is InChI=1S/C18H12BrNO4/c19-13-6-8-16(9-7-13)24-18-11-14(20(21)22)10-17(12-18)23-15-4-2-1-3-5-15/h1-12H. The van der Waals surface area contributed by atoms with Gasteiger partial charge in [-0.15, -0.1) is 0 Å². The molecule has 0 saturated carbocycles. The molecule has 3 rings (SSSR count). The summed E-state index contributed by atoms with van der Waals surface area (Å²) in [5.74, 6) is 1.83. The molecule has 6 heteroatoms. The Morgan fingerprint density at radius 2 is 1.29 bits per heavy atom. The van der Waals surface area contributed by atoms with E-state index in [-0.39, 0.29) is 5.69 Å². The first kappa shape index (κ1) is 16.0. The lowest BCUT2D eigenvalue weighted by Gasteiger charge is -2.09. The van der Waals surface area contributed by atoms with Crippen molar-refractivity contribution in [3.63, 3.8) is 0 Å². The summed E-state index contributed by atoms with van der Waals surface area (Å²) >= 11 is 3.35. The number of hydrogen-bond acceptors (Lipinski definition) is 4. The van der Waals surface area contributed by atoms with E-state index in [1.165, 1.54) is 12.1 Å². The van der Waals surface area contributed by atoms with E-state index in [2.05, 4.69) is 15.9 Å². The Morgan fingerprint density at radius 3 is 1.83 bits per heavy atom. The van der Waals surface area contributed by atoms with Crippen molar-refractivity contribution >= 4 is 21.6 Å². The van der Waals surface area contributed by atoms with Crippen molar-refractivity contribution in [2.75, 3.05) is 0 Å². The van der Waals surface area contributed by atoms with Crippen LogP contribution in [0.5, 0.6) is 23.0 Å². The van der Waals surface area contributed by atoms with Gasteiger partial charge in [0.15, 0.2) is 0 Å². The van der Waals surface area contributed by atoms with Gasteiger partial charge in [0.25, 0.3) is 5.69 Å². The minimum Gasteiger partial charge on any atom is -0.457 e. The number of rotatable bonds is 5. The predicted molar refractivity (Wildman–Crippen MR) is 93.8 cm³/mol. The second-order valence-electron chi connectivity index (χ2n) is 4.89. The van der Waals surface area contributed by atoms with E-state index in [0.717, 1.165) is 4.47 Å². The lowest BCUT2D eigenvalue weighted by molar-refractivity contribution is -0.385. The minimum atomic E-state index is -0.480. The molecule has 3 aromatic rings. The Kier molecular flexibility index (Phi) is 4.77. The van der Waals surface area contributed by atoms with Gasteiger partial charge in [0.1, 0.15) is 23.0 Å². The molecule has 0 fully saturated rings. The van der Waals surface area contributed by atoms with E-state index < -0.39 is 4.92 Å². The molecular weight excluding hydrogens is 374 g/mol. The lowest BCUT2D eigenvalue weighted by Crippen LogP contribution is -1.92. The van der Waals surface area contributed by atoms with Gasteiger partial charge in [-0.3, -0.25) is 10.1 Å². The van der Waals surface area contributed by atoms with E-state index in [1.54, 1.807) is 30.3 Å². The minimum absolute atomic E-state index is 0.101. The van der Waals surface area contributed by atoms with Crippen LogP contribution in [0.2, 0.25) is 0 Å². The third-order valence-electron chi connectivity index (χ3n) is 3.10. The fourth-order valence-electron chi connectivity index (χ4n) is 2.04. The number of halogens is 1. The average Bonchev–Trinajstić information content (AvgIpc) is 2.58. The Morgan fingerprint density at radius 1 is 0.750 bits per heavy atom. The number of hydrogen-bond donors (Lipinski definition) is 0. The van der Waals surface area contributed by atoms with Crippen molar-refractivity contribution in [3.05, 3.63) is 87.4 Å². The van der Waals surface area contributed by atoms with Crippen LogP contribution in [-0.2, 0) is 0 Å². The largest absolute Gasteiger partial charge is 0.457 e. The van der Waals surface area contributed by atoms with Crippen molar-refractivity contribution in [3.8, 4) is 23.0 Å². The summed E-state index contributed by atoms with van der Waals surface area (Å²) in [7, 11) is 0. The summed E-state index contributed by atoms with van der Waals surface area (Å²) < 4.78 is 12.3. The highest BCUT2D eigenvalue weighted by Crippen LogP contribution is 2.33. The number of non-ortho nitro benzene ring substituents is 1. The van der Waals surface area contributed by atoms with Crippen LogP contribution in [-0.4, -0.2) is 4.92 Å². The third-order valence-corrected chi connectivity index (χ3v) is 3.63. The number of benzene rings is 3. The van der Waals surface area contributed by atoms with E-state index in [9.17, 15) is 10.1 Å². The van der Waals surface area contributed by atoms with Gasteiger partial charge in [-0.05, 0) is 36.4 Å². The van der Waals surface area contributed by atoms with Crippen molar-refractivity contribution < 1.29 is 14.4 Å². The first-order chi connectivity index (χ1) is 11.6. The first-order valence-corrected chi connectivity index (χ1v) is 7.85. The Hall–Kier alpha value is -2.86. The van der Waals surface area contributed by atoms with Crippen molar-refractivity contribution in [2.45, 2.75) is 0 Å².